The van der Waals surface area contributed by atoms with Crippen molar-refractivity contribution in [2.45, 2.75) is 13.5 Å². The average Bonchev–Trinajstić information content (AvgIpc) is 3.69. The molecule has 0 aliphatic rings. The zero-order chi connectivity index (χ0) is 39.9. The maximum absolute atomic E-state index is 12.3. The van der Waals surface area contributed by atoms with E-state index in [1.807, 2.05) is 30.3 Å². The van der Waals surface area contributed by atoms with Gasteiger partial charge in [-0.15, -0.1) is 0 Å². The smallest absolute Gasteiger partial charge is 0.150 e. The van der Waals surface area contributed by atoms with Crippen LogP contribution in [0.15, 0.2) is 194 Å². The highest BCUT2D eigenvalue weighted by atomic mass is 16.1. The number of hydrogen-bond donors (Lipinski definition) is 0. The van der Waals surface area contributed by atoms with E-state index in [2.05, 4.69) is 187 Å². The molecule has 0 saturated carbocycles. The lowest BCUT2D eigenvalue weighted by Crippen LogP contribution is -2.11. The fraction of sp³-hybridized carbons (Fsp3) is 0.0545. The summed E-state index contributed by atoms with van der Waals surface area (Å²) in [7, 11) is 2.12. The van der Waals surface area contributed by atoms with Crippen LogP contribution in [0.2, 0.25) is 0 Å². The Balaban J connectivity index is 1.23. The first-order valence-electron chi connectivity index (χ1n) is 20.2. The standard InChI is InChI=1S/C55H41N3O/c1-3-58-52-28-16-14-26-50(52)56-55(58)42-33-41(34-43(35-42)57(2)51-27-15-13-21-45(51)44-20-8-7-19-40(44)36-59)54-48-24-11-9-22-46(48)53(47-23-10-12-25-49(47)54)39-31-29-38(30-32-39)37-17-5-4-6-18-37/h4-36H,3H2,1-2H3. The Hall–Kier alpha value is -7.56. The van der Waals surface area contributed by atoms with Crippen LogP contribution in [0, 0.1) is 0 Å². The van der Waals surface area contributed by atoms with Crippen LogP contribution in [0.25, 0.3) is 88.5 Å². The largest absolute Gasteiger partial charge is 0.344 e. The second kappa shape index (κ2) is 15.1. The zero-order valence-corrected chi connectivity index (χ0v) is 33.0. The van der Waals surface area contributed by atoms with Crippen molar-refractivity contribution < 1.29 is 4.79 Å². The van der Waals surface area contributed by atoms with Gasteiger partial charge in [0.05, 0.1) is 11.0 Å². The summed E-state index contributed by atoms with van der Waals surface area (Å²) in [6.07, 6.45) is 0.942. The van der Waals surface area contributed by atoms with Gasteiger partial charge in [-0.3, -0.25) is 4.79 Å². The molecule has 1 aromatic heterocycles. The molecule has 0 unspecified atom stereocenters. The number of anilines is 2. The number of hydrogen-bond acceptors (Lipinski definition) is 3. The van der Waals surface area contributed by atoms with E-state index in [9.17, 15) is 4.79 Å². The first kappa shape index (κ1) is 35.8. The van der Waals surface area contributed by atoms with Crippen molar-refractivity contribution in [2.24, 2.45) is 0 Å². The highest BCUT2D eigenvalue weighted by Crippen LogP contribution is 2.46. The van der Waals surface area contributed by atoms with E-state index in [1.54, 1.807) is 0 Å². The monoisotopic (exact) mass is 759 g/mol. The summed E-state index contributed by atoms with van der Waals surface area (Å²) >= 11 is 0. The van der Waals surface area contributed by atoms with E-state index in [0.717, 1.165) is 63.3 Å². The topological polar surface area (TPSA) is 38.1 Å². The number of nitrogens with zero attached hydrogens (tertiary/aromatic N) is 3. The fourth-order valence-corrected chi connectivity index (χ4v) is 8.88. The van der Waals surface area contributed by atoms with Gasteiger partial charge in [-0.25, -0.2) is 4.98 Å². The Labute approximate surface area is 344 Å². The number of carbonyl (C=O) groups excluding carboxylic acids is 1. The number of carbonyl (C=O) groups is 1. The van der Waals surface area contributed by atoms with Crippen molar-refractivity contribution in [3.63, 3.8) is 0 Å². The predicted molar refractivity (Wildman–Crippen MR) is 247 cm³/mol. The average molecular weight is 760 g/mol. The molecule has 282 valence electrons. The molecule has 0 saturated heterocycles. The Bertz CT molecular complexity index is 3120. The molecule has 0 aliphatic carbocycles. The van der Waals surface area contributed by atoms with E-state index in [1.165, 1.54) is 49.4 Å². The summed E-state index contributed by atoms with van der Waals surface area (Å²) in [5, 5.41) is 4.77. The predicted octanol–water partition coefficient (Wildman–Crippen LogP) is 14.3. The van der Waals surface area contributed by atoms with Crippen molar-refractivity contribution >= 4 is 50.2 Å². The molecule has 0 N–H and O–H groups in total. The third-order valence-corrected chi connectivity index (χ3v) is 11.7. The molecular weight excluding hydrogens is 719 g/mol. The molecule has 10 rings (SSSR count). The number of imidazole rings is 1. The highest BCUT2D eigenvalue weighted by Gasteiger charge is 2.21. The van der Waals surface area contributed by atoms with Gasteiger partial charge < -0.3 is 9.47 Å². The number of aryl methyl sites for hydroxylation is 1. The number of aromatic nitrogens is 2. The molecule has 0 amide bonds. The molecule has 0 fully saturated rings. The minimum Gasteiger partial charge on any atom is -0.344 e. The van der Waals surface area contributed by atoms with Gasteiger partial charge in [-0.05, 0) is 104 Å². The molecule has 1 heterocycles. The summed E-state index contributed by atoms with van der Waals surface area (Å²) in [5.74, 6) is 0.925. The lowest BCUT2D eigenvalue weighted by atomic mass is 9.85. The normalized spacial score (nSPS) is 11.4. The highest BCUT2D eigenvalue weighted by molar-refractivity contribution is 6.21. The summed E-state index contributed by atoms with van der Waals surface area (Å²) in [5.41, 5.74) is 14.8. The molecule has 0 bridgehead atoms. The van der Waals surface area contributed by atoms with E-state index in [-0.39, 0.29) is 0 Å². The van der Waals surface area contributed by atoms with Crippen molar-refractivity contribution in [3.8, 4) is 55.9 Å². The lowest BCUT2D eigenvalue weighted by molar-refractivity contribution is 0.112. The van der Waals surface area contributed by atoms with Gasteiger partial charge in [-0.1, -0.05) is 158 Å². The van der Waals surface area contributed by atoms with Crippen molar-refractivity contribution in [3.05, 3.63) is 200 Å². The molecule has 4 nitrogen and oxygen atoms in total. The van der Waals surface area contributed by atoms with Crippen LogP contribution in [0.4, 0.5) is 11.4 Å². The third-order valence-electron chi connectivity index (χ3n) is 11.7. The molecule has 9 aromatic carbocycles. The van der Waals surface area contributed by atoms with Crippen LogP contribution < -0.4 is 4.90 Å². The van der Waals surface area contributed by atoms with Crippen molar-refractivity contribution in [1.29, 1.82) is 0 Å². The second-order valence-electron chi connectivity index (χ2n) is 15.0. The summed E-state index contributed by atoms with van der Waals surface area (Å²) < 4.78 is 2.31. The number of para-hydroxylation sites is 3. The molecule has 4 heteroatoms. The summed E-state index contributed by atoms with van der Waals surface area (Å²) in [4.78, 5) is 19.8. The van der Waals surface area contributed by atoms with Crippen LogP contribution in [0.3, 0.4) is 0 Å². The molecule has 0 atom stereocenters. The van der Waals surface area contributed by atoms with Crippen LogP contribution in [0.5, 0.6) is 0 Å². The molecule has 0 aliphatic heterocycles. The molecular formula is C55H41N3O. The Morgan fingerprint density at radius 2 is 1.03 bits per heavy atom. The summed E-state index contributed by atoms with van der Waals surface area (Å²) in [6.45, 7) is 2.96. The van der Waals surface area contributed by atoms with Gasteiger partial charge in [0.15, 0.2) is 6.29 Å². The minimum atomic E-state index is 0.659. The Morgan fingerprint density at radius 3 is 1.71 bits per heavy atom. The minimum absolute atomic E-state index is 0.659. The molecule has 59 heavy (non-hydrogen) atoms. The number of fused-ring (bicyclic) bond motifs is 3. The van der Waals surface area contributed by atoms with E-state index in [0.29, 0.717) is 5.56 Å². The van der Waals surface area contributed by atoms with Gasteiger partial charge in [0.1, 0.15) is 5.82 Å². The molecule has 0 spiro atoms. The Morgan fingerprint density at radius 1 is 0.508 bits per heavy atom. The second-order valence-corrected chi connectivity index (χ2v) is 15.0. The molecule has 0 radical (unpaired) electrons. The van der Waals surface area contributed by atoms with Crippen LogP contribution in [0.1, 0.15) is 17.3 Å². The number of aldehydes is 1. The third kappa shape index (κ3) is 6.27. The maximum Gasteiger partial charge on any atom is 0.150 e. The lowest BCUT2D eigenvalue weighted by Gasteiger charge is -2.25. The van der Waals surface area contributed by atoms with Crippen LogP contribution >= 0.6 is 0 Å². The maximum atomic E-state index is 12.3. The van der Waals surface area contributed by atoms with Gasteiger partial charge >= 0.3 is 0 Å². The van der Waals surface area contributed by atoms with E-state index >= 15 is 0 Å². The van der Waals surface area contributed by atoms with Gasteiger partial charge in [-0.2, -0.15) is 0 Å². The summed E-state index contributed by atoms with van der Waals surface area (Å²) in [6, 6.07) is 68.6. The van der Waals surface area contributed by atoms with Crippen molar-refractivity contribution in [1.82, 2.24) is 9.55 Å². The van der Waals surface area contributed by atoms with E-state index in [4.69, 9.17) is 4.98 Å². The quantitative estimate of drug-likeness (QED) is 0.109. The molecule has 10 aromatic rings. The Kier molecular flexibility index (Phi) is 9.15. The number of rotatable bonds is 9. The van der Waals surface area contributed by atoms with Gasteiger partial charge in [0.25, 0.3) is 0 Å². The van der Waals surface area contributed by atoms with Crippen molar-refractivity contribution in [2.75, 3.05) is 11.9 Å². The van der Waals surface area contributed by atoms with Gasteiger partial charge in [0, 0.05) is 41.7 Å². The first-order chi connectivity index (χ1) is 29.1. The van der Waals surface area contributed by atoms with Crippen LogP contribution in [-0.2, 0) is 6.54 Å². The SMILES string of the molecule is CCn1c(-c2cc(-c3c4ccccc4c(-c4ccc(-c5ccccc5)cc4)c4ccccc34)cc(N(C)c3ccccc3-c3ccccc3C=O)c2)nc2ccccc21. The zero-order valence-electron chi connectivity index (χ0n) is 33.0. The fourth-order valence-electron chi connectivity index (χ4n) is 8.88. The van der Waals surface area contributed by atoms with Gasteiger partial charge in [0.2, 0.25) is 0 Å². The van der Waals surface area contributed by atoms with E-state index < -0.39 is 0 Å². The first-order valence-corrected chi connectivity index (χ1v) is 20.2. The van der Waals surface area contributed by atoms with Crippen LogP contribution in [-0.4, -0.2) is 22.9 Å². The number of benzene rings is 9.